The predicted octanol–water partition coefficient (Wildman–Crippen LogP) is 2.58. The van der Waals surface area contributed by atoms with Crippen molar-refractivity contribution in [2.45, 2.75) is 43.8 Å². The number of benzene rings is 1. The summed E-state index contributed by atoms with van der Waals surface area (Å²) in [5.41, 5.74) is 0.675. The Morgan fingerprint density at radius 3 is 2.67 bits per heavy atom. The molecule has 1 amide bonds. The lowest BCUT2D eigenvalue weighted by Crippen LogP contribution is -2.33. The SMILES string of the molecule is COCCCn1c(=O)c2ccccc2n2c(SCC(=O)N3CCCCCC3)nnc12. The van der Waals surface area contributed by atoms with Gasteiger partial charge in [0.15, 0.2) is 5.16 Å². The number of fused-ring (bicyclic) bond motifs is 3. The molecule has 0 N–H and O–H groups in total. The number of hydrogen-bond donors (Lipinski definition) is 0. The van der Waals surface area contributed by atoms with Crippen molar-refractivity contribution in [1.82, 2.24) is 24.1 Å². The number of carbonyl (C=O) groups excluding carboxylic acids is 1. The molecule has 0 spiro atoms. The minimum absolute atomic E-state index is 0.0844. The second kappa shape index (κ2) is 9.61. The van der Waals surface area contributed by atoms with Crippen LogP contribution in [0.15, 0.2) is 34.2 Å². The lowest BCUT2D eigenvalue weighted by molar-refractivity contribution is -0.128. The Bertz CT molecular complexity index is 1090. The van der Waals surface area contributed by atoms with Gasteiger partial charge in [0.1, 0.15) is 0 Å². The molecule has 8 nitrogen and oxygen atoms in total. The van der Waals surface area contributed by atoms with Crippen LogP contribution in [0.25, 0.3) is 16.7 Å². The Balaban J connectivity index is 1.65. The predicted molar refractivity (Wildman–Crippen MR) is 117 cm³/mol. The first-order valence-electron chi connectivity index (χ1n) is 10.5. The summed E-state index contributed by atoms with van der Waals surface area (Å²) in [5.74, 6) is 0.952. The molecule has 0 saturated carbocycles. The second-order valence-corrected chi connectivity index (χ2v) is 8.46. The van der Waals surface area contributed by atoms with Gasteiger partial charge in [-0.3, -0.25) is 18.6 Å². The van der Waals surface area contributed by atoms with Gasteiger partial charge in [-0.15, -0.1) is 10.2 Å². The number of methoxy groups -OCH3 is 1. The Morgan fingerprint density at radius 2 is 1.90 bits per heavy atom. The summed E-state index contributed by atoms with van der Waals surface area (Å²) in [6.45, 7) is 2.73. The van der Waals surface area contributed by atoms with E-state index in [0.717, 1.165) is 31.4 Å². The monoisotopic (exact) mass is 429 g/mol. The summed E-state index contributed by atoms with van der Waals surface area (Å²) in [6.07, 6.45) is 5.23. The van der Waals surface area contributed by atoms with Crippen LogP contribution in [0.5, 0.6) is 0 Å². The van der Waals surface area contributed by atoms with E-state index in [1.165, 1.54) is 24.6 Å². The first-order valence-corrected chi connectivity index (χ1v) is 11.5. The van der Waals surface area contributed by atoms with Gasteiger partial charge in [0.05, 0.1) is 16.7 Å². The topological polar surface area (TPSA) is 81.7 Å². The van der Waals surface area contributed by atoms with E-state index in [9.17, 15) is 9.59 Å². The number of aryl methyl sites for hydroxylation is 1. The van der Waals surface area contributed by atoms with Crippen molar-refractivity contribution in [3.63, 3.8) is 0 Å². The molecule has 0 unspecified atom stereocenters. The van der Waals surface area contributed by atoms with Gasteiger partial charge in [-0.05, 0) is 31.4 Å². The van der Waals surface area contributed by atoms with Crippen LogP contribution in [0.2, 0.25) is 0 Å². The van der Waals surface area contributed by atoms with E-state index >= 15 is 0 Å². The van der Waals surface area contributed by atoms with Crippen molar-refractivity contribution >= 4 is 34.3 Å². The molecular weight excluding hydrogens is 402 g/mol. The maximum atomic E-state index is 13.0. The van der Waals surface area contributed by atoms with Crippen LogP contribution in [-0.4, -0.2) is 62.5 Å². The fraction of sp³-hybridized carbons (Fsp3) is 0.524. The van der Waals surface area contributed by atoms with Crippen molar-refractivity contribution in [3.8, 4) is 0 Å². The highest BCUT2D eigenvalue weighted by molar-refractivity contribution is 7.99. The van der Waals surface area contributed by atoms with Crippen molar-refractivity contribution in [3.05, 3.63) is 34.6 Å². The van der Waals surface area contributed by atoms with Gasteiger partial charge >= 0.3 is 0 Å². The molecule has 4 rings (SSSR count). The molecule has 0 radical (unpaired) electrons. The van der Waals surface area contributed by atoms with Crippen molar-refractivity contribution < 1.29 is 9.53 Å². The lowest BCUT2D eigenvalue weighted by atomic mass is 10.2. The van der Waals surface area contributed by atoms with E-state index in [2.05, 4.69) is 10.2 Å². The zero-order valence-corrected chi connectivity index (χ0v) is 18.1. The van der Waals surface area contributed by atoms with Crippen LogP contribution in [-0.2, 0) is 16.1 Å². The molecule has 2 aromatic heterocycles. The van der Waals surface area contributed by atoms with E-state index < -0.39 is 0 Å². The van der Waals surface area contributed by atoms with Crippen LogP contribution in [0, 0.1) is 0 Å². The summed E-state index contributed by atoms with van der Waals surface area (Å²) < 4.78 is 8.68. The maximum absolute atomic E-state index is 13.0. The normalized spacial score (nSPS) is 15.0. The van der Waals surface area contributed by atoms with Crippen LogP contribution in [0.4, 0.5) is 0 Å². The van der Waals surface area contributed by atoms with Crippen LogP contribution in [0.1, 0.15) is 32.1 Å². The van der Waals surface area contributed by atoms with Gasteiger partial charge in [0.2, 0.25) is 11.7 Å². The number of likely N-dealkylation sites (tertiary alicyclic amines) is 1. The number of ether oxygens (including phenoxy) is 1. The number of hydrogen-bond acceptors (Lipinski definition) is 6. The Kier molecular flexibility index (Phi) is 6.69. The molecule has 0 bridgehead atoms. The minimum Gasteiger partial charge on any atom is -0.385 e. The summed E-state index contributed by atoms with van der Waals surface area (Å²) in [4.78, 5) is 27.7. The highest BCUT2D eigenvalue weighted by atomic mass is 32.2. The molecule has 0 atom stereocenters. The number of thioether (sulfide) groups is 1. The van der Waals surface area contributed by atoms with E-state index in [1.54, 1.807) is 11.7 Å². The van der Waals surface area contributed by atoms with Gasteiger partial charge < -0.3 is 9.64 Å². The Hall–Kier alpha value is -2.39. The van der Waals surface area contributed by atoms with Crippen molar-refractivity contribution in [2.24, 2.45) is 0 Å². The van der Waals surface area contributed by atoms with Gasteiger partial charge in [-0.25, -0.2) is 0 Å². The molecular formula is C21H27N5O3S. The molecule has 1 aromatic carbocycles. The Morgan fingerprint density at radius 1 is 1.13 bits per heavy atom. The fourth-order valence-corrected chi connectivity index (χ4v) is 4.78. The largest absolute Gasteiger partial charge is 0.385 e. The average molecular weight is 430 g/mol. The molecule has 30 heavy (non-hydrogen) atoms. The number of amides is 1. The quantitative estimate of drug-likeness (QED) is 0.424. The van der Waals surface area contributed by atoms with Crippen molar-refractivity contribution in [2.75, 3.05) is 32.6 Å². The van der Waals surface area contributed by atoms with E-state index in [1.807, 2.05) is 33.6 Å². The van der Waals surface area contributed by atoms with Crippen LogP contribution >= 0.6 is 11.8 Å². The molecule has 1 aliphatic rings. The van der Waals surface area contributed by atoms with Gasteiger partial charge in [0, 0.05) is 33.4 Å². The average Bonchev–Trinajstić information content (AvgIpc) is 2.99. The van der Waals surface area contributed by atoms with Gasteiger partial charge in [-0.2, -0.15) is 0 Å². The number of para-hydroxylation sites is 1. The molecule has 1 fully saturated rings. The first-order chi connectivity index (χ1) is 14.7. The third-order valence-corrected chi connectivity index (χ3v) is 6.41. The molecule has 3 heterocycles. The maximum Gasteiger partial charge on any atom is 0.262 e. The number of carbonyl (C=O) groups is 1. The van der Waals surface area contributed by atoms with E-state index in [0.29, 0.717) is 41.6 Å². The zero-order chi connectivity index (χ0) is 20.9. The first kappa shape index (κ1) is 20.9. The minimum atomic E-state index is -0.0844. The number of rotatable bonds is 7. The summed E-state index contributed by atoms with van der Waals surface area (Å²) in [5, 5.41) is 9.87. The second-order valence-electron chi connectivity index (χ2n) is 7.52. The highest BCUT2D eigenvalue weighted by Crippen LogP contribution is 2.22. The van der Waals surface area contributed by atoms with E-state index in [4.69, 9.17) is 4.74 Å². The van der Waals surface area contributed by atoms with Crippen LogP contribution < -0.4 is 5.56 Å². The third-order valence-electron chi connectivity index (χ3n) is 5.49. The molecule has 1 aliphatic heterocycles. The highest BCUT2D eigenvalue weighted by Gasteiger charge is 2.20. The summed E-state index contributed by atoms with van der Waals surface area (Å²) in [7, 11) is 1.64. The smallest absolute Gasteiger partial charge is 0.262 e. The molecule has 3 aromatic rings. The van der Waals surface area contributed by atoms with Gasteiger partial charge in [0.25, 0.3) is 5.56 Å². The molecule has 9 heteroatoms. The molecule has 0 aliphatic carbocycles. The standard InChI is InChI=1S/C21H27N5O3S/c1-29-14-8-13-25-19(28)16-9-4-5-10-17(16)26-20(25)22-23-21(26)30-15-18(27)24-11-6-2-3-7-12-24/h4-5,9-10H,2-3,6-8,11-15H2,1H3. The fourth-order valence-electron chi connectivity index (χ4n) is 3.93. The van der Waals surface area contributed by atoms with E-state index in [-0.39, 0.29) is 11.5 Å². The van der Waals surface area contributed by atoms with Gasteiger partial charge in [-0.1, -0.05) is 36.7 Å². The third kappa shape index (κ3) is 4.22. The molecule has 1 saturated heterocycles. The van der Waals surface area contributed by atoms with Crippen LogP contribution in [0.3, 0.4) is 0 Å². The summed E-state index contributed by atoms with van der Waals surface area (Å²) >= 11 is 1.38. The number of aromatic nitrogens is 4. The summed E-state index contributed by atoms with van der Waals surface area (Å²) in [6, 6.07) is 7.47. The molecule has 160 valence electrons. The Labute approximate surface area is 179 Å². The van der Waals surface area contributed by atoms with Crippen molar-refractivity contribution in [1.29, 1.82) is 0 Å². The lowest BCUT2D eigenvalue weighted by Gasteiger charge is -2.19. The zero-order valence-electron chi connectivity index (χ0n) is 17.2. The number of nitrogens with zero attached hydrogens (tertiary/aromatic N) is 5.